The topological polar surface area (TPSA) is 38.8 Å². The van der Waals surface area contributed by atoms with E-state index in [2.05, 4.69) is 46.8 Å². The molecule has 3 rings (SSSR count). The van der Waals surface area contributed by atoms with E-state index >= 15 is 0 Å². The van der Waals surface area contributed by atoms with Gasteiger partial charge in [0.05, 0.1) is 19.3 Å². The first-order valence-electron chi connectivity index (χ1n) is 9.80. The zero-order valence-corrected chi connectivity index (χ0v) is 18.0. The second kappa shape index (κ2) is 9.44. The molecule has 2 aliphatic rings. The van der Waals surface area contributed by atoms with Crippen LogP contribution < -0.4 is 0 Å². The second-order valence-electron chi connectivity index (χ2n) is 7.38. The molecule has 1 aromatic rings. The van der Waals surface area contributed by atoms with Gasteiger partial charge in [-0.2, -0.15) is 0 Å². The van der Waals surface area contributed by atoms with Crippen molar-refractivity contribution >= 4 is 21.7 Å². The molecule has 0 aromatic heterocycles. The molecule has 1 atom stereocenters. The Kier molecular flexibility index (Phi) is 7.20. The molecule has 0 aliphatic carbocycles. The van der Waals surface area contributed by atoms with Crippen molar-refractivity contribution in [3.63, 3.8) is 0 Å². The molecule has 6 heteroatoms. The van der Waals surface area contributed by atoms with E-state index in [0.717, 1.165) is 42.4 Å². The van der Waals surface area contributed by atoms with Gasteiger partial charge in [-0.3, -0.25) is 9.69 Å². The molecule has 2 saturated heterocycles. The number of ketones is 1. The molecule has 0 amide bonds. The molecule has 1 spiro atoms. The third kappa shape index (κ3) is 5.38. The Morgan fingerprint density at radius 2 is 2.00 bits per heavy atom. The molecule has 4 nitrogen and oxygen atoms in total. The fourth-order valence-electron chi connectivity index (χ4n) is 3.60. The van der Waals surface area contributed by atoms with Gasteiger partial charge in [0.1, 0.15) is 5.82 Å². The number of carbonyl (C=O) groups is 1. The van der Waals surface area contributed by atoms with Crippen molar-refractivity contribution in [2.75, 3.05) is 26.2 Å². The molecular weight excluding hydrogens is 425 g/mol. The molecule has 152 valence electrons. The van der Waals surface area contributed by atoms with E-state index in [1.165, 1.54) is 24.3 Å². The monoisotopic (exact) mass is 451 g/mol. The highest BCUT2D eigenvalue weighted by Gasteiger charge is 2.42. The first-order valence-corrected chi connectivity index (χ1v) is 10.6. The van der Waals surface area contributed by atoms with Crippen molar-refractivity contribution in [3.05, 3.63) is 57.9 Å². The van der Waals surface area contributed by atoms with Crippen molar-refractivity contribution in [3.8, 4) is 0 Å². The van der Waals surface area contributed by atoms with Crippen LogP contribution in [0, 0.1) is 5.82 Å². The minimum atomic E-state index is -0.562. The van der Waals surface area contributed by atoms with Gasteiger partial charge in [-0.15, -0.1) is 0 Å². The lowest BCUT2D eigenvalue weighted by Gasteiger charge is -2.46. The van der Waals surface area contributed by atoms with E-state index in [0.29, 0.717) is 18.7 Å². The number of piperidine rings is 1. The predicted octanol–water partition coefficient (Wildman–Crippen LogP) is 4.85. The van der Waals surface area contributed by atoms with E-state index in [4.69, 9.17) is 9.47 Å². The first-order chi connectivity index (χ1) is 13.4. The van der Waals surface area contributed by atoms with Crippen molar-refractivity contribution in [2.24, 2.45) is 0 Å². The molecule has 1 unspecified atom stereocenters. The third-order valence-corrected chi connectivity index (χ3v) is 5.84. The highest BCUT2D eigenvalue weighted by Crippen LogP contribution is 2.35. The molecule has 0 N–H and O–H groups in total. The third-order valence-electron chi connectivity index (χ3n) is 5.29. The summed E-state index contributed by atoms with van der Waals surface area (Å²) in [6.45, 7) is 6.52. The minimum Gasteiger partial charge on any atom is -0.345 e. The van der Waals surface area contributed by atoms with Crippen molar-refractivity contribution < 1.29 is 18.7 Å². The Morgan fingerprint density at radius 3 is 2.61 bits per heavy atom. The number of benzene rings is 1. The number of halogens is 2. The Bertz CT molecular complexity index is 752. The van der Waals surface area contributed by atoms with Crippen molar-refractivity contribution in [1.82, 2.24) is 4.90 Å². The average Bonchev–Trinajstić information content (AvgIpc) is 2.67. The summed E-state index contributed by atoms with van der Waals surface area (Å²) in [6.07, 6.45) is 6.62. The van der Waals surface area contributed by atoms with E-state index < -0.39 is 5.79 Å². The lowest BCUT2D eigenvalue weighted by Crippen LogP contribution is -2.53. The summed E-state index contributed by atoms with van der Waals surface area (Å²) in [5.74, 6) is -0.886. The molecular formula is C22H27BrFNO3. The van der Waals surface area contributed by atoms with Crippen LogP contribution in [0.25, 0.3) is 0 Å². The number of nitrogens with zero attached hydrogens (tertiary/aromatic N) is 1. The predicted molar refractivity (Wildman–Crippen MR) is 111 cm³/mol. The van der Waals surface area contributed by atoms with Gasteiger partial charge in [-0.25, -0.2) is 4.39 Å². The fourth-order valence-corrected chi connectivity index (χ4v) is 4.22. The molecule has 0 bridgehead atoms. The molecule has 0 saturated carbocycles. The Balaban J connectivity index is 1.53. The highest BCUT2D eigenvalue weighted by molar-refractivity contribution is 9.11. The number of likely N-dealkylation sites (tertiary alicyclic amines) is 1. The van der Waals surface area contributed by atoms with Crippen LogP contribution in [0.1, 0.15) is 43.5 Å². The van der Waals surface area contributed by atoms with E-state index in [1.54, 1.807) is 0 Å². The van der Waals surface area contributed by atoms with E-state index in [1.807, 2.05) is 0 Å². The number of hydrogen-bond donors (Lipinski definition) is 0. The Morgan fingerprint density at radius 1 is 1.32 bits per heavy atom. The Labute approximate surface area is 174 Å². The largest absolute Gasteiger partial charge is 0.345 e. The van der Waals surface area contributed by atoms with Gasteiger partial charge in [-0.1, -0.05) is 28.9 Å². The normalized spacial score (nSPS) is 24.6. The first kappa shape index (κ1) is 21.4. The summed E-state index contributed by atoms with van der Waals surface area (Å²) < 4.78 is 26.5. The maximum absolute atomic E-state index is 13.0. The van der Waals surface area contributed by atoms with Gasteiger partial charge in [0.25, 0.3) is 0 Å². The number of rotatable bonds is 5. The summed E-state index contributed by atoms with van der Waals surface area (Å²) in [4.78, 5) is 14.5. The molecule has 2 aliphatic heterocycles. The summed E-state index contributed by atoms with van der Waals surface area (Å²) >= 11 is 3.56. The van der Waals surface area contributed by atoms with Crippen LogP contribution >= 0.6 is 15.9 Å². The molecule has 28 heavy (non-hydrogen) atoms. The minimum absolute atomic E-state index is 0.000969. The maximum atomic E-state index is 13.0. The van der Waals surface area contributed by atoms with Crippen LogP contribution in [0.3, 0.4) is 0 Å². The highest BCUT2D eigenvalue weighted by atomic mass is 79.9. The van der Waals surface area contributed by atoms with E-state index in [9.17, 15) is 9.18 Å². The number of hydrogen-bond acceptors (Lipinski definition) is 4. The van der Waals surface area contributed by atoms with Crippen LogP contribution in [0.4, 0.5) is 4.39 Å². The van der Waals surface area contributed by atoms with Gasteiger partial charge < -0.3 is 9.47 Å². The smallest absolute Gasteiger partial charge is 0.176 e. The van der Waals surface area contributed by atoms with Gasteiger partial charge in [0.15, 0.2) is 11.6 Å². The van der Waals surface area contributed by atoms with Crippen LogP contribution in [-0.4, -0.2) is 48.8 Å². The van der Waals surface area contributed by atoms with Gasteiger partial charge in [-0.05, 0) is 49.3 Å². The summed E-state index contributed by atoms with van der Waals surface area (Å²) in [5, 5.41) is 0. The van der Waals surface area contributed by atoms with E-state index in [-0.39, 0.29) is 17.7 Å². The quantitative estimate of drug-likeness (QED) is 0.599. The Hall–Kier alpha value is -1.34. The lowest BCUT2D eigenvalue weighted by molar-refractivity contribution is -0.287. The molecule has 2 heterocycles. The lowest BCUT2D eigenvalue weighted by atomic mass is 9.99. The summed E-state index contributed by atoms with van der Waals surface area (Å²) in [7, 11) is 0. The summed E-state index contributed by atoms with van der Waals surface area (Å²) in [6, 6.07) is 5.72. The van der Waals surface area contributed by atoms with Crippen LogP contribution in [-0.2, 0) is 9.47 Å². The van der Waals surface area contributed by atoms with Crippen molar-refractivity contribution in [1.29, 1.82) is 0 Å². The van der Waals surface area contributed by atoms with Crippen molar-refractivity contribution in [2.45, 2.75) is 45.0 Å². The van der Waals surface area contributed by atoms with Gasteiger partial charge in [0, 0.05) is 36.0 Å². The standard InChI is InChI=1S/C22H27BrFNO3/c1-3-4-19(23)13-18-15-27-22(28-16(18)2)9-11-25(12-10-22)14-21(26)17-5-7-20(24)8-6-17/h4-8,13,16H,3,9-12,14-15H2,1-2H3/b18-13-,19-4+. The number of ether oxygens (including phenoxy) is 2. The number of Topliss-reactive ketones (excluding diaryl/α,β-unsaturated/α-hetero) is 1. The zero-order chi connectivity index (χ0) is 20.1. The molecule has 1 aromatic carbocycles. The number of allylic oxidation sites excluding steroid dienone is 3. The van der Waals surface area contributed by atoms with Crippen LogP contribution in [0.15, 0.2) is 46.5 Å². The molecule has 2 fully saturated rings. The fraction of sp³-hybridized carbons (Fsp3) is 0.500. The SMILES string of the molecule is CC/C=C(Br)\C=C1\COC2(CCN(CC(=O)c3ccc(F)cc3)CC2)OC1C. The second-order valence-corrected chi connectivity index (χ2v) is 8.30. The summed E-state index contributed by atoms with van der Waals surface area (Å²) in [5.41, 5.74) is 1.66. The van der Waals surface area contributed by atoms with Gasteiger partial charge >= 0.3 is 0 Å². The molecule has 0 radical (unpaired) electrons. The zero-order valence-electron chi connectivity index (χ0n) is 16.4. The van der Waals surface area contributed by atoms with Gasteiger partial charge in [0.2, 0.25) is 0 Å². The maximum Gasteiger partial charge on any atom is 0.176 e. The van der Waals surface area contributed by atoms with Crippen LogP contribution in [0.2, 0.25) is 0 Å². The number of carbonyl (C=O) groups excluding carboxylic acids is 1. The van der Waals surface area contributed by atoms with Crippen LogP contribution in [0.5, 0.6) is 0 Å². The average molecular weight is 452 g/mol.